The van der Waals surface area contributed by atoms with Gasteiger partial charge in [-0.15, -0.1) is 0 Å². The highest BCUT2D eigenvalue weighted by Gasteiger charge is 2.17. The molecule has 4 nitrogen and oxygen atoms in total. The van der Waals surface area contributed by atoms with E-state index < -0.39 is 0 Å². The average molecular weight is 304 g/mol. The standard InChI is InChI=1S/C18H28N2O2/c1-13(2)10-11-22-17-9-8-14(12-16(17)19)18(21)20-15-6-4-3-5-7-15/h8-9,12-13,15H,3-7,10-11,19H2,1-2H3,(H,20,21). The van der Waals surface area contributed by atoms with Crippen molar-refractivity contribution in [3.05, 3.63) is 23.8 Å². The van der Waals surface area contributed by atoms with E-state index in [0.29, 0.717) is 35.6 Å². The molecule has 0 atom stereocenters. The van der Waals surface area contributed by atoms with Crippen molar-refractivity contribution in [3.8, 4) is 5.75 Å². The molecule has 1 aliphatic rings. The minimum absolute atomic E-state index is 0.0349. The minimum Gasteiger partial charge on any atom is -0.491 e. The van der Waals surface area contributed by atoms with E-state index in [0.717, 1.165) is 19.3 Å². The Bertz CT molecular complexity index is 494. The minimum atomic E-state index is -0.0349. The molecular weight excluding hydrogens is 276 g/mol. The quantitative estimate of drug-likeness (QED) is 0.787. The molecule has 3 N–H and O–H groups in total. The Morgan fingerprint density at radius 3 is 2.68 bits per heavy atom. The van der Waals surface area contributed by atoms with Gasteiger partial charge in [-0.25, -0.2) is 0 Å². The molecule has 0 aliphatic heterocycles. The van der Waals surface area contributed by atoms with Gasteiger partial charge in [-0.05, 0) is 43.4 Å². The lowest BCUT2D eigenvalue weighted by atomic mass is 9.95. The summed E-state index contributed by atoms with van der Waals surface area (Å²) in [6, 6.07) is 5.61. The van der Waals surface area contributed by atoms with Crippen LogP contribution < -0.4 is 15.8 Å². The largest absolute Gasteiger partial charge is 0.491 e. The van der Waals surface area contributed by atoms with Crippen LogP contribution in [0.2, 0.25) is 0 Å². The number of amides is 1. The third kappa shape index (κ3) is 4.93. The molecule has 1 amide bonds. The lowest BCUT2D eigenvalue weighted by molar-refractivity contribution is 0.0927. The Balaban J connectivity index is 1.91. The Hall–Kier alpha value is -1.71. The van der Waals surface area contributed by atoms with Crippen molar-refractivity contribution in [1.82, 2.24) is 5.32 Å². The van der Waals surface area contributed by atoms with E-state index in [1.165, 1.54) is 19.3 Å². The van der Waals surface area contributed by atoms with E-state index in [9.17, 15) is 4.79 Å². The summed E-state index contributed by atoms with van der Waals surface area (Å²) in [4.78, 5) is 12.3. The normalized spacial score (nSPS) is 15.8. The van der Waals surface area contributed by atoms with Crippen LogP contribution in [0.3, 0.4) is 0 Å². The maximum Gasteiger partial charge on any atom is 0.251 e. The zero-order valence-corrected chi connectivity index (χ0v) is 13.7. The fourth-order valence-corrected chi connectivity index (χ4v) is 2.74. The molecule has 4 heteroatoms. The molecule has 2 rings (SSSR count). The second kappa shape index (κ2) is 8.06. The molecule has 0 radical (unpaired) electrons. The first-order valence-corrected chi connectivity index (χ1v) is 8.39. The van der Waals surface area contributed by atoms with Crippen LogP contribution in [0.4, 0.5) is 5.69 Å². The number of benzene rings is 1. The number of ether oxygens (including phenoxy) is 1. The van der Waals surface area contributed by atoms with Crippen molar-refractivity contribution in [2.75, 3.05) is 12.3 Å². The highest BCUT2D eigenvalue weighted by Crippen LogP contribution is 2.24. The van der Waals surface area contributed by atoms with Crippen LogP contribution in [0.5, 0.6) is 5.75 Å². The molecule has 1 saturated carbocycles. The first-order valence-electron chi connectivity index (χ1n) is 8.39. The number of hydrogen-bond acceptors (Lipinski definition) is 3. The number of carbonyl (C=O) groups is 1. The number of rotatable bonds is 6. The summed E-state index contributed by atoms with van der Waals surface area (Å²) < 4.78 is 5.68. The summed E-state index contributed by atoms with van der Waals surface area (Å²) in [6.07, 6.45) is 6.84. The van der Waals surface area contributed by atoms with E-state index >= 15 is 0 Å². The zero-order valence-electron chi connectivity index (χ0n) is 13.7. The van der Waals surface area contributed by atoms with Crippen molar-refractivity contribution in [1.29, 1.82) is 0 Å². The lowest BCUT2D eigenvalue weighted by Crippen LogP contribution is -2.36. The number of anilines is 1. The molecule has 122 valence electrons. The van der Waals surface area contributed by atoms with Crippen LogP contribution in [-0.2, 0) is 0 Å². The SMILES string of the molecule is CC(C)CCOc1ccc(C(=O)NC2CCCCC2)cc1N. The van der Waals surface area contributed by atoms with Gasteiger partial charge in [0, 0.05) is 11.6 Å². The van der Waals surface area contributed by atoms with Crippen LogP contribution in [-0.4, -0.2) is 18.6 Å². The van der Waals surface area contributed by atoms with E-state index in [4.69, 9.17) is 10.5 Å². The van der Waals surface area contributed by atoms with Crippen molar-refractivity contribution in [2.45, 2.75) is 58.4 Å². The Morgan fingerprint density at radius 1 is 1.32 bits per heavy atom. The first kappa shape index (κ1) is 16.7. The predicted molar refractivity (Wildman–Crippen MR) is 90.1 cm³/mol. The highest BCUT2D eigenvalue weighted by molar-refractivity contribution is 5.95. The topological polar surface area (TPSA) is 64.3 Å². The Labute approximate surface area is 133 Å². The van der Waals surface area contributed by atoms with E-state index in [1.54, 1.807) is 18.2 Å². The third-order valence-electron chi connectivity index (χ3n) is 4.17. The Kier molecular flexibility index (Phi) is 6.10. The molecule has 0 bridgehead atoms. The maximum absolute atomic E-state index is 12.3. The van der Waals surface area contributed by atoms with Gasteiger partial charge < -0.3 is 15.8 Å². The van der Waals surface area contributed by atoms with Gasteiger partial charge in [0.2, 0.25) is 0 Å². The molecule has 0 aromatic heterocycles. The number of nitrogens with one attached hydrogen (secondary N) is 1. The van der Waals surface area contributed by atoms with Crippen molar-refractivity contribution >= 4 is 11.6 Å². The van der Waals surface area contributed by atoms with Gasteiger partial charge in [-0.2, -0.15) is 0 Å². The van der Waals surface area contributed by atoms with Crippen LogP contribution in [0.1, 0.15) is 62.7 Å². The first-order chi connectivity index (χ1) is 10.6. The predicted octanol–water partition coefficient (Wildman–Crippen LogP) is 3.76. The van der Waals surface area contributed by atoms with Crippen molar-refractivity contribution in [3.63, 3.8) is 0 Å². The second-order valence-corrected chi connectivity index (χ2v) is 6.59. The van der Waals surface area contributed by atoms with E-state index in [2.05, 4.69) is 19.2 Å². The molecule has 1 aromatic rings. The zero-order chi connectivity index (χ0) is 15.9. The summed E-state index contributed by atoms with van der Waals surface area (Å²) in [6.45, 7) is 4.96. The summed E-state index contributed by atoms with van der Waals surface area (Å²) in [5.41, 5.74) is 7.14. The number of nitrogen functional groups attached to an aromatic ring is 1. The lowest BCUT2D eigenvalue weighted by Gasteiger charge is -2.22. The van der Waals surface area contributed by atoms with Crippen molar-refractivity contribution < 1.29 is 9.53 Å². The van der Waals surface area contributed by atoms with Gasteiger partial charge >= 0.3 is 0 Å². The van der Waals surface area contributed by atoms with E-state index in [1.807, 2.05) is 0 Å². The molecule has 1 aromatic carbocycles. The van der Waals surface area contributed by atoms with Gasteiger partial charge in [0.1, 0.15) is 5.75 Å². The monoisotopic (exact) mass is 304 g/mol. The molecule has 0 unspecified atom stereocenters. The van der Waals surface area contributed by atoms with Crippen LogP contribution in [0, 0.1) is 5.92 Å². The average Bonchev–Trinajstić information content (AvgIpc) is 2.49. The third-order valence-corrected chi connectivity index (χ3v) is 4.17. The van der Waals surface area contributed by atoms with E-state index in [-0.39, 0.29) is 5.91 Å². The summed E-state index contributed by atoms with van der Waals surface area (Å²) in [5, 5.41) is 3.10. The van der Waals surface area contributed by atoms with Gasteiger partial charge in [-0.1, -0.05) is 33.1 Å². The molecule has 0 spiro atoms. The smallest absolute Gasteiger partial charge is 0.251 e. The maximum atomic E-state index is 12.3. The number of hydrogen-bond donors (Lipinski definition) is 2. The molecule has 0 heterocycles. The molecule has 22 heavy (non-hydrogen) atoms. The molecule has 0 saturated heterocycles. The Morgan fingerprint density at radius 2 is 2.05 bits per heavy atom. The molecular formula is C18H28N2O2. The van der Waals surface area contributed by atoms with Crippen LogP contribution in [0.15, 0.2) is 18.2 Å². The highest BCUT2D eigenvalue weighted by atomic mass is 16.5. The summed E-state index contributed by atoms with van der Waals surface area (Å²) >= 11 is 0. The molecule has 1 fully saturated rings. The van der Waals surface area contributed by atoms with Crippen LogP contribution >= 0.6 is 0 Å². The number of nitrogens with two attached hydrogens (primary N) is 1. The van der Waals surface area contributed by atoms with Gasteiger partial charge in [0.05, 0.1) is 12.3 Å². The number of carbonyl (C=O) groups excluding carboxylic acids is 1. The fraction of sp³-hybridized carbons (Fsp3) is 0.611. The fourth-order valence-electron chi connectivity index (χ4n) is 2.74. The van der Waals surface area contributed by atoms with Gasteiger partial charge in [-0.3, -0.25) is 4.79 Å². The summed E-state index contributed by atoms with van der Waals surface area (Å²) in [5.74, 6) is 1.23. The van der Waals surface area contributed by atoms with Gasteiger partial charge in [0.25, 0.3) is 5.91 Å². The summed E-state index contributed by atoms with van der Waals surface area (Å²) in [7, 11) is 0. The second-order valence-electron chi connectivity index (χ2n) is 6.59. The van der Waals surface area contributed by atoms with Crippen molar-refractivity contribution in [2.24, 2.45) is 5.92 Å². The van der Waals surface area contributed by atoms with Crippen LogP contribution in [0.25, 0.3) is 0 Å². The van der Waals surface area contributed by atoms with Gasteiger partial charge in [0.15, 0.2) is 0 Å². The molecule has 1 aliphatic carbocycles.